The van der Waals surface area contributed by atoms with E-state index in [1.54, 1.807) is 25.1 Å². The third kappa shape index (κ3) is 3.85. The predicted octanol–water partition coefficient (Wildman–Crippen LogP) is 4.10. The van der Waals surface area contributed by atoms with Crippen LogP contribution in [-0.2, 0) is 4.79 Å². The van der Waals surface area contributed by atoms with Crippen molar-refractivity contribution in [1.82, 2.24) is 5.32 Å². The number of nitrogens with zero attached hydrogens (tertiary/aromatic N) is 1. The van der Waals surface area contributed by atoms with E-state index in [0.717, 1.165) is 19.3 Å². The molecule has 1 amide bonds. The molecule has 1 saturated carbocycles. The number of nitrogens with one attached hydrogen (secondary N) is 1. The third-order valence-electron chi connectivity index (χ3n) is 3.87. The quantitative estimate of drug-likeness (QED) is 0.897. The van der Waals surface area contributed by atoms with E-state index >= 15 is 0 Å². The van der Waals surface area contributed by atoms with Crippen LogP contribution in [0.25, 0.3) is 0 Å². The SMILES string of the molecule is C[C@@H](Oc1cccc(Cl)c1Cl)C(=O)NC1(C#N)CCCCC1. The molecule has 0 aromatic heterocycles. The number of nitriles is 1. The minimum Gasteiger partial charge on any atom is -0.479 e. The number of rotatable bonds is 4. The molecule has 0 spiro atoms. The summed E-state index contributed by atoms with van der Waals surface area (Å²) in [6.45, 7) is 1.63. The summed E-state index contributed by atoms with van der Waals surface area (Å²) in [5.41, 5.74) is -0.773. The predicted molar refractivity (Wildman–Crippen MR) is 86.1 cm³/mol. The summed E-state index contributed by atoms with van der Waals surface area (Å²) in [5.74, 6) is 0.0333. The molecule has 4 nitrogen and oxygen atoms in total. The van der Waals surface area contributed by atoms with E-state index < -0.39 is 11.6 Å². The summed E-state index contributed by atoms with van der Waals surface area (Å²) < 4.78 is 5.58. The monoisotopic (exact) mass is 340 g/mol. The second-order valence-corrected chi connectivity index (χ2v) is 6.34. The van der Waals surface area contributed by atoms with Gasteiger partial charge in [-0.1, -0.05) is 48.5 Å². The van der Waals surface area contributed by atoms with Gasteiger partial charge in [-0.2, -0.15) is 5.26 Å². The van der Waals surface area contributed by atoms with Crippen LogP contribution in [0.3, 0.4) is 0 Å². The molecule has 1 N–H and O–H groups in total. The molecular formula is C16H18Cl2N2O2. The Morgan fingerprint density at radius 1 is 1.36 bits per heavy atom. The van der Waals surface area contributed by atoms with Crippen molar-refractivity contribution < 1.29 is 9.53 Å². The topological polar surface area (TPSA) is 62.1 Å². The highest BCUT2D eigenvalue weighted by Crippen LogP contribution is 2.32. The van der Waals surface area contributed by atoms with Crippen LogP contribution in [0.1, 0.15) is 39.0 Å². The zero-order valence-electron chi connectivity index (χ0n) is 12.4. The minimum atomic E-state index is -0.773. The van der Waals surface area contributed by atoms with Crippen LogP contribution < -0.4 is 10.1 Å². The number of carbonyl (C=O) groups excluding carboxylic acids is 1. The molecule has 118 valence electrons. The lowest BCUT2D eigenvalue weighted by Gasteiger charge is -2.32. The molecule has 1 aliphatic rings. The molecule has 1 aromatic carbocycles. The summed E-state index contributed by atoms with van der Waals surface area (Å²) >= 11 is 12.0. The highest BCUT2D eigenvalue weighted by atomic mass is 35.5. The Balaban J connectivity index is 2.03. The lowest BCUT2D eigenvalue weighted by Crippen LogP contribution is -2.52. The van der Waals surface area contributed by atoms with Crippen molar-refractivity contribution in [3.05, 3.63) is 28.2 Å². The van der Waals surface area contributed by atoms with Crippen molar-refractivity contribution >= 4 is 29.1 Å². The lowest BCUT2D eigenvalue weighted by atomic mass is 9.83. The molecule has 1 atom stereocenters. The van der Waals surface area contributed by atoms with E-state index in [-0.39, 0.29) is 10.9 Å². The maximum atomic E-state index is 12.3. The standard InChI is InChI=1S/C16H18Cl2N2O2/c1-11(22-13-7-5-6-12(17)14(13)18)15(21)20-16(10-19)8-3-2-4-9-16/h5-7,11H,2-4,8-9H2,1H3,(H,20,21)/t11-/m1/s1. The van der Waals surface area contributed by atoms with Gasteiger partial charge in [-0.05, 0) is 31.9 Å². The maximum Gasteiger partial charge on any atom is 0.262 e. The molecule has 0 saturated heterocycles. The fourth-order valence-corrected chi connectivity index (χ4v) is 2.91. The van der Waals surface area contributed by atoms with E-state index in [1.807, 2.05) is 0 Å². The first-order valence-electron chi connectivity index (χ1n) is 7.31. The summed E-state index contributed by atoms with van der Waals surface area (Å²) in [4.78, 5) is 12.3. The van der Waals surface area contributed by atoms with E-state index in [1.165, 1.54) is 0 Å². The number of halogens is 2. The molecule has 1 fully saturated rings. The van der Waals surface area contributed by atoms with E-state index in [0.29, 0.717) is 23.6 Å². The Bertz CT molecular complexity index is 592. The summed E-state index contributed by atoms with van der Waals surface area (Å²) in [6.07, 6.45) is 3.60. The molecule has 0 heterocycles. The highest BCUT2D eigenvalue weighted by molar-refractivity contribution is 6.42. The second kappa shape index (κ2) is 7.21. The highest BCUT2D eigenvalue weighted by Gasteiger charge is 2.35. The third-order valence-corrected chi connectivity index (χ3v) is 4.67. The van der Waals surface area contributed by atoms with Crippen molar-refractivity contribution in [3.8, 4) is 11.8 Å². The van der Waals surface area contributed by atoms with Gasteiger partial charge in [0.25, 0.3) is 5.91 Å². The number of hydrogen-bond donors (Lipinski definition) is 1. The van der Waals surface area contributed by atoms with Crippen molar-refractivity contribution in [2.45, 2.75) is 50.7 Å². The number of ether oxygens (including phenoxy) is 1. The molecule has 0 bridgehead atoms. The largest absolute Gasteiger partial charge is 0.479 e. The van der Waals surface area contributed by atoms with Crippen molar-refractivity contribution in [3.63, 3.8) is 0 Å². The van der Waals surface area contributed by atoms with Gasteiger partial charge in [0.2, 0.25) is 0 Å². The van der Waals surface area contributed by atoms with Crippen LogP contribution in [0.2, 0.25) is 10.0 Å². The molecule has 6 heteroatoms. The van der Waals surface area contributed by atoms with Crippen molar-refractivity contribution in [2.24, 2.45) is 0 Å². The van der Waals surface area contributed by atoms with Gasteiger partial charge in [0.15, 0.2) is 6.10 Å². The number of hydrogen-bond acceptors (Lipinski definition) is 3. The van der Waals surface area contributed by atoms with Crippen LogP contribution in [0.5, 0.6) is 5.75 Å². The molecule has 2 rings (SSSR count). The molecule has 0 unspecified atom stereocenters. The summed E-state index contributed by atoms with van der Waals surface area (Å²) in [5, 5.41) is 12.9. The zero-order chi connectivity index (χ0) is 16.2. The maximum absolute atomic E-state index is 12.3. The van der Waals surface area contributed by atoms with Crippen molar-refractivity contribution in [1.29, 1.82) is 5.26 Å². The zero-order valence-corrected chi connectivity index (χ0v) is 13.9. The normalized spacial score (nSPS) is 18.1. The molecule has 1 aliphatic carbocycles. The van der Waals surface area contributed by atoms with Crippen LogP contribution in [0.15, 0.2) is 18.2 Å². The van der Waals surface area contributed by atoms with Gasteiger partial charge in [0.1, 0.15) is 16.3 Å². The fraction of sp³-hybridized carbons (Fsp3) is 0.500. The van der Waals surface area contributed by atoms with Gasteiger partial charge in [-0.15, -0.1) is 0 Å². The molecule has 22 heavy (non-hydrogen) atoms. The van der Waals surface area contributed by atoms with Gasteiger partial charge >= 0.3 is 0 Å². The average Bonchev–Trinajstić information content (AvgIpc) is 2.52. The Labute approximate surface area is 140 Å². The second-order valence-electron chi connectivity index (χ2n) is 5.56. The van der Waals surface area contributed by atoms with Gasteiger partial charge < -0.3 is 10.1 Å². The van der Waals surface area contributed by atoms with Crippen LogP contribution in [-0.4, -0.2) is 17.6 Å². The van der Waals surface area contributed by atoms with E-state index in [4.69, 9.17) is 27.9 Å². The fourth-order valence-electron chi connectivity index (χ4n) is 2.58. The molecular weight excluding hydrogens is 323 g/mol. The minimum absolute atomic E-state index is 0.275. The van der Waals surface area contributed by atoms with Gasteiger partial charge in [-0.25, -0.2) is 0 Å². The molecule has 0 radical (unpaired) electrons. The Morgan fingerprint density at radius 3 is 2.68 bits per heavy atom. The van der Waals surface area contributed by atoms with E-state index in [2.05, 4.69) is 11.4 Å². The average molecular weight is 341 g/mol. The number of amides is 1. The number of benzene rings is 1. The van der Waals surface area contributed by atoms with Crippen molar-refractivity contribution in [2.75, 3.05) is 0 Å². The Kier molecular flexibility index (Phi) is 5.55. The first kappa shape index (κ1) is 16.9. The van der Waals surface area contributed by atoms with Crippen LogP contribution >= 0.6 is 23.2 Å². The van der Waals surface area contributed by atoms with Gasteiger partial charge in [0, 0.05) is 0 Å². The first-order chi connectivity index (χ1) is 10.5. The van der Waals surface area contributed by atoms with Crippen LogP contribution in [0.4, 0.5) is 0 Å². The number of carbonyl (C=O) groups is 1. The van der Waals surface area contributed by atoms with E-state index in [9.17, 15) is 10.1 Å². The smallest absolute Gasteiger partial charge is 0.262 e. The lowest BCUT2D eigenvalue weighted by molar-refractivity contribution is -0.129. The van der Waals surface area contributed by atoms with Gasteiger partial charge in [0.05, 0.1) is 11.1 Å². The Morgan fingerprint density at radius 2 is 2.05 bits per heavy atom. The molecule has 1 aromatic rings. The summed E-state index contributed by atoms with van der Waals surface area (Å²) in [7, 11) is 0. The molecule has 0 aliphatic heterocycles. The first-order valence-corrected chi connectivity index (χ1v) is 8.07. The van der Waals surface area contributed by atoms with Gasteiger partial charge in [-0.3, -0.25) is 4.79 Å². The summed E-state index contributed by atoms with van der Waals surface area (Å²) in [6, 6.07) is 7.25. The van der Waals surface area contributed by atoms with Crippen LogP contribution in [0, 0.1) is 11.3 Å². The Hall–Kier alpha value is -1.44.